The second kappa shape index (κ2) is 8.27. The molecule has 1 saturated heterocycles. The normalized spacial score (nSPS) is 15.2. The van der Waals surface area contributed by atoms with Crippen molar-refractivity contribution in [3.05, 3.63) is 52.2 Å². The molecule has 25 heavy (non-hydrogen) atoms. The van der Waals surface area contributed by atoms with E-state index < -0.39 is 0 Å². The summed E-state index contributed by atoms with van der Waals surface area (Å²) >= 11 is 1.38. The Hall–Kier alpha value is -2.18. The number of benzene rings is 1. The fourth-order valence-corrected chi connectivity index (χ4v) is 3.79. The highest BCUT2D eigenvalue weighted by Crippen LogP contribution is 2.23. The van der Waals surface area contributed by atoms with Crippen molar-refractivity contribution in [2.24, 2.45) is 5.92 Å². The predicted molar refractivity (Wildman–Crippen MR) is 101 cm³/mol. The number of nitrogens with one attached hydrogen (secondary N) is 2. The van der Waals surface area contributed by atoms with Crippen molar-refractivity contribution in [2.45, 2.75) is 12.8 Å². The van der Waals surface area contributed by atoms with Gasteiger partial charge in [0.25, 0.3) is 11.8 Å². The maximum atomic E-state index is 12.9. The van der Waals surface area contributed by atoms with Crippen LogP contribution in [-0.4, -0.2) is 43.4 Å². The Morgan fingerprint density at radius 2 is 1.92 bits per heavy atom. The highest BCUT2D eigenvalue weighted by molar-refractivity contribution is 7.12. The van der Waals surface area contributed by atoms with Gasteiger partial charge in [-0.2, -0.15) is 0 Å². The molecule has 1 aliphatic rings. The summed E-state index contributed by atoms with van der Waals surface area (Å²) in [6.07, 6.45) is 2.02. The third kappa shape index (κ3) is 4.27. The van der Waals surface area contributed by atoms with Crippen LogP contribution in [0.5, 0.6) is 0 Å². The Morgan fingerprint density at radius 3 is 2.60 bits per heavy atom. The van der Waals surface area contributed by atoms with E-state index in [4.69, 9.17) is 0 Å². The summed E-state index contributed by atoms with van der Waals surface area (Å²) in [5, 5.41) is 7.95. The van der Waals surface area contributed by atoms with Crippen LogP contribution in [0.3, 0.4) is 0 Å². The van der Waals surface area contributed by atoms with Crippen LogP contribution in [0.25, 0.3) is 0 Å². The monoisotopic (exact) mass is 357 g/mol. The number of anilines is 1. The Bertz CT molecular complexity index is 722. The van der Waals surface area contributed by atoms with E-state index in [2.05, 4.69) is 10.6 Å². The second-order valence-electron chi connectivity index (χ2n) is 6.27. The third-order valence-electron chi connectivity index (χ3n) is 4.55. The zero-order chi connectivity index (χ0) is 17.6. The summed E-state index contributed by atoms with van der Waals surface area (Å²) in [5.41, 5.74) is 1.13. The SMILES string of the molecule is CNCC1CCN(C(=O)c2ccccc2NC(=O)c2cccs2)CC1. The van der Waals surface area contributed by atoms with E-state index in [-0.39, 0.29) is 11.8 Å². The van der Waals surface area contributed by atoms with Crippen LogP contribution >= 0.6 is 11.3 Å². The summed E-state index contributed by atoms with van der Waals surface area (Å²) in [4.78, 5) is 27.7. The Kier molecular flexibility index (Phi) is 5.83. The van der Waals surface area contributed by atoms with Gasteiger partial charge in [0.15, 0.2) is 0 Å². The summed E-state index contributed by atoms with van der Waals surface area (Å²) in [7, 11) is 1.96. The Morgan fingerprint density at radius 1 is 1.16 bits per heavy atom. The van der Waals surface area contributed by atoms with E-state index in [1.54, 1.807) is 18.2 Å². The molecule has 0 saturated carbocycles. The van der Waals surface area contributed by atoms with Gasteiger partial charge in [-0.25, -0.2) is 0 Å². The first-order valence-electron chi connectivity index (χ1n) is 8.57. The molecule has 5 nitrogen and oxygen atoms in total. The molecule has 2 heterocycles. The van der Waals surface area contributed by atoms with Gasteiger partial charge < -0.3 is 15.5 Å². The lowest BCUT2D eigenvalue weighted by Gasteiger charge is -2.32. The molecule has 2 aromatic rings. The van der Waals surface area contributed by atoms with E-state index in [9.17, 15) is 9.59 Å². The van der Waals surface area contributed by atoms with Crippen molar-refractivity contribution < 1.29 is 9.59 Å². The first-order valence-corrected chi connectivity index (χ1v) is 9.44. The van der Waals surface area contributed by atoms with Crippen molar-refractivity contribution in [2.75, 3.05) is 32.0 Å². The summed E-state index contributed by atoms with van der Waals surface area (Å²) in [6.45, 7) is 2.52. The number of piperidine rings is 1. The number of rotatable bonds is 5. The van der Waals surface area contributed by atoms with Gasteiger partial charge in [0.2, 0.25) is 0 Å². The van der Waals surface area contributed by atoms with Crippen LogP contribution in [0.4, 0.5) is 5.69 Å². The van der Waals surface area contributed by atoms with Crippen molar-refractivity contribution >= 4 is 28.8 Å². The third-order valence-corrected chi connectivity index (χ3v) is 5.41. The molecule has 3 rings (SSSR count). The molecule has 6 heteroatoms. The quantitative estimate of drug-likeness (QED) is 0.864. The largest absolute Gasteiger partial charge is 0.339 e. The molecule has 1 aromatic heterocycles. The van der Waals surface area contributed by atoms with E-state index in [0.29, 0.717) is 22.0 Å². The van der Waals surface area contributed by atoms with Crippen LogP contribution < -0.4 is 10.6 Å². The van der Waals surface area contributed by atoms with Gasteiger partial charge in [-0.1, -0.05) is 18.2 Å². The number of hydrogen-bond acceptors (Lipinski definition) is 4. The number of carbonyl (C=O) groups excluding carboxylic acids is 2. The van der Waals surface area contributed by atoms with E-state index in [1.165, 1.54) is 11.3 Å². The molecule has 132 valence electrons. The highest BCUT2D eigenvalue weighted by atomic mass is 32.1. The first-order chi connectivity index (χ1) is 12.2. The number of nitrogens with zero attached hydrogens (tertiary/aromatic N) is 1. The maximum absolute atomic E-state index is 12.9. The van der Waals surface area contributed by atoms with E-state index in [1.807, 2.05) is 35.5 Å². The minimum atomic E-state index is -0.178. The van der Waals surface area contributed by atoms with Crippen LogP contribution in [0.15, 0.2) is 41.8 Å². The fourth-order valence-electron chi connectivity index (χ4n) is 3.17. The topological polar surface area (TPSA) is 61.4 Å². The molecule has 2 amide bonds. The summed E-state index contributed by atoms with van der Waals surface area (Å²) in [6, 6.07) is 10.9. The average Bonchev–Trinajstić information content (AvgIpc) is 3.17. The zero-order valence-corrected chi connectivity index (χ0v) is 15.1. The van der Waals surface area contributed by atoms with Crippen LogP contribution in [0.1, 0.15) is 32.9 Å². The van der Waals surface area contributed by atoms with E-state index in [0.717, 1.165) is 32.5 Å². The van der Waals surface area contributed by atoms with Gasteiger partial charge in [0.1, 0.15) is 0 Å². The molecule has 1 aromatic carbocycles. The lowest BCUT2D eigenvalue weighted by molar-refractivity contribution is 0.0692. The molecule has 2 N–H and O–H groups in total. The number of para-hydroxylation sites is 1. The van der Waals surface area contributed by atoms with Gasteiger partial charge in [0, 0.05) is 13.1 Å². The highest BCUT2D eigenvalue weighted by Gasteiger charge is 2.25. The van der Waals surface area contributed by atoms with Crippen LogP contribution in [0, 0.1) is 5.92 Å². The Labute approximate surface area is 152 Å². The van der Waals surface area contributed by atoms with Gasteiger partial charge in [-0.15, -0.1) is 11.3 Å². The molecule has 0 aliphatic carbocycles. The van der Waals surface area contributed by atoms with Crippen molar-refractivity contribution in [1.82, 2.24) is 10.2 Å². The number of thiophene rings is 1. The molecule has 0 bridgehead atoms. The average molecular weight is 357 g/mol. The molecule has 0 radical (unpaired) electrons. The first kappa shape index (κ1) is 17.6. The number of amides is 2. The van der Waals surface area contributed by atoms with Crippen molar-refractivity contribution in [3.63, 3.8) is 0 Å². The van der Waals surface area contributed by atoms with Gasteiger partial charge in [-0.3, -0.25) is 9.59 Å². The summed E-state index contributed by atoms with van der Waals surface area (Å²) in [5.74, 6) is 0.441. The predicted octanol–water partition coefficient (Wildman–Crippen LogP) is 3.07. The van der Waals surface area contributed by atoms with E-state index >= 15 is 0 Å². The Balaban J connectivity index is 1.70. The number of likely N-dealkylation sites (tertiary alicyclic amines) is 1. The van der Waals surface area contributed by atoms with Crippen molar-refractivity contribution in [1.29, 1.82) is 0 Å². The number of hydrogen-bond donors (Lipinski definition) is 2. The van der Waals surface area contributed by atoms with Gasteiger partial charge in [0.05, 0.1) is 16.1 Å². The molecular weight excluding hydrogens is 334 g/mol. The van der Waals surface area contributed by atoms with Crippen LogP contribution in [0.2, 0.25) is 0 Å². The smallest absolute Gasteiger partial charge is 0.265 e. The zero-order valence-electron chi connectivity index (χ0n) is 14.3. The molecule has 1 aliphatic heterocycles. The molecular formula is C19H23N3O2S. The van der Waals surface area contributed by atoms with Gasteiger partial charge >= 0.3 is 0 Å². The molecule has 0 spiro atoms. The molecule has 0 atom stereocenters. The fraction of sp³-hybridized carbons (Fsp3) is 0.368. The van der Waals surface area contributed by atoms with Crippen molar-refractivity contribution in [3.8, 4) is 0 Å². The molecule has 0 unspecified atom stereocenters. The van der Waals surface area contributed by atoms with Crippen LogP contribution in [-0.2, 0) is 0 Å². The maximum Gasteiger partial charge on any atom is 0.265 e. The van der Waals surface area contributed by atoms with Gasteiger partial charge in [-0.05, 0) is 55.9 Å². The molecule has 1 fully saturated rings. The second-order valence-corrected chi connectivity index (χ2v) is 7.22. The minimum Gasteiger partial charge on any atom is -0.339 e. The number of carbonyl (C=O) groups is 2. The lowest BCUT2D eigenvalue weighted by atomic mass is 9.96. The standard InChI is InChI=1S/C19H23N3O2S/c1-20-13-14-8-10-22(11-9-14)19(24)15-5-2-3-6-16(15)21-18(23)17-7-4-12-25-17/h2-7,12,14,20H,8-11,13H2,1H3,(H,21,23). The minimum absolute atomic E-state index is 0.00927. The lowest BCUT2D eigenvalue weighted by Crippen LogP contribution is -2.40. The summed E-state index contributed by atoms with van der Waals surface area (Å²) < 4.78 is 0.